The maximum atomic E-state index is 12.8. The topological polar surface area (TPSA) is 64.4 Å². The second-order valence-electron chi connectivity index (χ2n) is 7.48. The molecule has 1 fully saturated rings. The van der Waals surface area contributed by atoms with Gasteiger partial charge in [-0.25, -0.2) is 0 Å². The van der Waals surface area contributed by atoms with Gasteiger partial charge in [-0.05, 0) is 35.7 Å². The van der Waals surface area contributed by atoms with Gasteiger partial charge in [-0.3, -0.25) is 9.69 Å². The van der Waals surface area contributed by atoms with Gasteiger partial charge >= 0.3 is 0 Å². The van der Waals surface area contributed by atoms with Crippen LogP contribution in [-0.4, -0.2) is 65.0 Å². The van der Waals surface area contributed by atoms with Gasteiger partial charge in [0.15, 0.2) is 0 Å². The monoisotopic (exact) mass is 388 g/mol. The number of piperazine rings is 1. The van der Waals surface area contributed by atoms with Crippen LogP contribution in [0.5, 0.6) is 5.75 Å². The zero-order valence-electron chi connectivity index (χ0n) is 16.2. The molecule has 2 aromatic carbocycles. The predicted molar refractivity (Wildman–Crippen MR) is 114 cm³/mol. The van der Waals surface area contributed by atoms with Crippen LogP contribution >= 0.6 is 0 Å². The van der Waals surface area contributed by atoms with E-state index in [2.05, 4.69) is 27.0 Å². The summed E-state index contributed by atoms with van der Waals surface area (Å²) in [5.41, 5.74) is 2.76. The van der Waals surface area contributed by atoms with Gasteiger partial charge in [-0.15, -0.1) is 0 Å². The fourth-order valence-electron chi connectivity index (χ4n) is 3.94. The third-order valence-electron chi connectivity index (χ3n) is 5.62. The Labute approximate surface area is 169 Å². The zero-order chi connectivity index (χ0) is 19.6. The molecule has 0 aliphatic carbocycles. The summed E-state index contributed by atoms with van der Waals surface area (Å²) in [5, 5.41) is 2.26. The van der Waals surface area contributed by atoms with Crippen molar-refractivity contribution >= 4 is 27.7 Å². The molecule has 0 spiro atoms. The van der Waals surface area contributed by atoms with E-state index in [4.69, 9.17) is 4.74 Å². The van der Waals surface area contributed by atoms with Gasteiger partial charge in [-0.2, -0.15) is 0 Å². The van der Waals surface area contributed by atoms with Crippen molar-refractivity contribution in [2.45, 2.75) is 0 Å². The van der Waals surface area contributed by atoms with Gasteiger partial charge in [-0.1, -0.05) is 18.2 Å². The number of aromatic nitrogens is 2. The Balaban J connectivity index is 1.11. The van der Waals surface area contributed by atoms with E-state index in [9.17, 15) is 4.79 Å². The summed E-state index contributed by atoms with van der Waals surface area (Å²) in [4.78, 5) is 23.5. The SMILES string of the molecule is O=C(c1cc2ccccc2[nH]1)N1CCN(CCOc2ccc3cc[nH]c3c2)CC1. The highest BCUT2D eigenvalue weighted by molar-refractivity contribution is 5.98. The molecule has 6 nitrogen and oxygen atoms in total. The number of H-pyrrole nitrogens is 2. The lowest BCUT2D eigenvalue weighted by atomic mass is 10.2. The number of para-hydroxylation sites is 1. The second-order valence-corrected chi connectivity index (χ2v) is 7.48. The number of aromatic amines is 2. The Morgan fingerprint density at radius 2 is 1.79 bits per heavy atom. The molecule has 2 aromatic heterocycles. The lowest BCUT2D eigenvalue weighted by Crippen LogP contribution is -2.49. The van der Waals surface area contributed by atoms with Gasteiger partial charge in [0.25, 0.3) is 5.91 Å². The first kappa shape index (κ1) is 17.8. The van der Waals surface area contributed by atoms with Crippen LogP contribution in [0.3, 0.4) is 0 Å². The summed E-state index contributed by atoms with van der Waals surface area (Å²) in [6.45, 7) is 4.71. The van der Waals surface area contributed by atoms with Crippen molar-refractivity contribution in [1.82, 2.24) is 19.8 Å². The molecule has 29 heavy (non-hydrogen) atoms. The number of hydrogen-bond donors (Lipinski definition) is 2. The lowest BCUT2D eigenvalue weighted by molar-refractivity contribution is 0.0615. The van der Waals surface area contributed by atoms with Crippen LogP contribution in [0.4, 0.5) is 0 Å². The van der Waals surface area contributed by atoms with E-state index in [1.807, 2.05) is 53.6 Å². The molecular weight excluding hydrogens is 364 g/mol. The predicted octanol–water partition coefficient (Wildman–Crippen LogP) is 3.49. The summed E-state index contributed by atoms with van der Waals surface area (Å²) in [7, 11) is 0. The van der Waals surface area contributed by atoms with Crippen molar-refractivity contribution in [1.29, 1.82) is 0 Å². The number of fused-ring (bicyclic) bond motifs is 2. The highest BCUT2D eigenvalue weighted by Crippen LogP contribution is 2.20. The minimum Gasteiger partial charge on any atom is -0.492 e. The normalized spacial score (nSPS) is 15.2. The molecule has 0 atom stereocenters. The van der Waals surface area contributed by atoms with Crippen molar-refractivity contribution in [2.75, 3.05) is 39.3 Å². The number of nitrogens with zero attached hydrogens (tertiary/aromatic N) is 2. The molecule has 0 unspecified atom stereocenters. The summed E-state index contributed by atoms with van der Waals surface area (Å²) >= 11 is 0. The van der Waals surface area contributed by atoms with Gasteiger partial charge in [0.1, 0.15) is 18.1 Å². The fraction of sp³-hybridized carbons (Fsp3) is 0.261. The first-order chi connectivity index (χ1) is 14.3. The molecule has 1 saturated heterocycles. The van der Waals surface area contributed by atoms with Crippen molar-refractivity contribution in [2.24, 2.45) is 0 Å². The molecule has 1 aliphatic heterocycles. The van der Waals surface area contributed by atoms with Crippen LogP contribution in [0.2, 0.25) is 0 Å². The number of amides is 1. The van der Waals surface area contributed by atoms with E-state index in [0.29, 0.717) is 12.3 Å². The Morgan fingerprint density at radius 1 is 0.931 bits per heavy atom. The molecule has 2 N–H and O–H groups in total. The van der Waals surface area contributed by atoms with Crippen LogP contribution in [0.1, 0.15) is 10.5 Å². The molecule has 1 amide bonds. The smallest absolute Gasteiger partial charge is 0.270 e. The number of rotatable bonds is 5. The number of ether oxygens (including phenoxy) is 1. The molecule has 6 heteroatoms. The summed E-state index contributed by atoms with van der Waals surface area (Å²) in [6, 6.07) is 18.1. The first-order valence-corrected chi connectivity index (χ1v) is 10.1. The van der Waals surface area contributed by atoms with E-state index >= 15 is 0 Å². The number of hydrogen-bond acceptors (Lipinski definition) is 3. The van der Waals surface area contributed by atoms with Gasteiger partial charge in [0, 0.05) is 61.4 Å². The Morgan fingerprint density at radius 3 is 2.66 bits per heavy atom. The number of carbonyl (C=O) groups is 1. The standard InChI is InChI=1S/C23H24N4O2/c28-23(22-15-18-3-1-2-4-20(18)25-22)27-11-9-26(10-12-27)13-14-29-19-6-5-17-7-8-24-21(17)16-19/h1-8,15-16,24-25H,9-14H2. The highest BCUT2D eigenvalue weighted by Gasteiger charge is 2.23. The zero-order valence-corrected chi connectivity index (χ0v) is 16.2. The minimum absolute atomic E-state index is 0.0800. The third-order valence-corrected chi connectivity index (χ3v) is 5.62. The van der Waals surface area contributed by atoms with Crippen LogP contribution in [0.25, 0.3) is 21.8 Å². The molecule has 0 bridgehead atoms. The van der Waals surface area contributed by atoms with Crippen molar-refractivity contribution in [3.63, 3.8) is 0 Å². The maximum Gasteiger partial charge on any atom is 0.270 e. The van der Waals surface area contributed by atoms with E-state index < -0.39 is 0 Å². The molecule has 0 saturated carbocycles. The Kier molecular flexibility index (Phi) is 4.69. The number of carbonyl (C=O) groups excluding carboxylic acids is 1. The van der Waals surface area contributed by atoms with Gasteiger partial charge in [0.2, 0.25) is 0 Å². The van der Waals surface area contributed by atoms with Crippen LogP contribution < -0.4 is 4.74 Å². The molecule has 3 heterocycles. The molecule has 148 valence electrons. The van der Waals surface area contributed by atoms with Crippen molar-refractivity contribution < 1.29 is 9.53 Å². The fourth-order valence-corrected chi connectivity index (χ4v) is 3.94. The van der Waals surface area contributed by atoms with Crippen LogP contribution in [0.15, 0.2) is 60.8 Å². The van der Waals surface area contributed by atoms with E-state index in [1.54, 1.807) is 0 Å². The van der Waals surface area contributed by atoms with Crippen LogP contribution in [0, 0.1) is 0 Å². The van der Waals surface area contributed by atoms with Crippen molar-refractivity contribution in [3.8, 4) is 5.75 Å². The van der Waals surface area contributed by atoms with Crippen molar-refractivity contribution in [3.05, 3.63) is 66.5 Å². The van der Waals surface area contributed by atoms with E-state index in [-0.39, 0.29) is 5.91 Å². The molecule has 4 aromatic rings. The molecule has 5 rings (SSSR count). The van der Waals surface area contributed by atoms with Gasteiger partial charge < -0.3 is 19.6 Å². The average Bonchev–Trinajstić information content (AvgIpc) is 3.40. The average molecular weight is 388 g/mol. The quantitative estimate of drug-likeness (QED) is 0.550. The summed E-state index contributed by atoms with van der Waals surface area (Å²) < 4.78 is 5.92. The summed E-state index contributed by atoms with van der Waals surface area (Å²) in [5.74, 6) is 0.962. The third kappa shape index (κ3) is 3.71. The Hall–Kier alpha value is -3.25. The maximum absolute atomic E-state index is 12.8. The first-order valence-electron chi connectivity index (χ1n) is 10.1. The lowest BCUT2D eigenvalue weighted by Gasteiger charge is -2.34. The largest absolute Gasteiger partial charge is 0.492 e. The number of benzene rings is 2. The number of nitrogens with one attached hydrogen (secondary N) is 2. The van der Waals surface area contributed by atoms with Crippen LogP contribution in [-0.2, 0) is 0 Å². The van der Waals surface area contributed by atoms with E-state index in [0.717, 1.165) is 54.9 Å². The Bertz CT molecular complexity index is 1100. The van der Waals surface area contributed by atoms with Gasteiger partial charge in [0.05, 0.1) is 0 Å². The summed E-state index contributed by atoms with van der Waals surface area (Å²) in [6.07, 6.45) is 1.94. The minimum atomic E-state index is 0.0800. The molecular formula is C23H24N4O2. The second kappa shape index (κ2) is 7.64. The highest BCUT2D eigenvalue weighted by atomic mass is 16.5. The molecule has 0 radical (unpaired) electrons. The molecule has 1 aliphatic rings. The van der Waals surface area contributed by atoms with E-state index in [1.165, 1.54) is 5.39 Å².